The van der Waals surface area contributed by atoms with E-state index in [9.17, 15) is 9.59 Å². The van der Waals surface area contributed by atoms with Crippen LogP contribution in [-0.4, -0.2) is 21.1 Å². The van der Waals surface area contributed by atoms with Crippen molar-refractivity contribution in [1.29, 1.82) is 0 Å². The van der Waals surface area contributed by atoms with Gasteiger partial charge in [-0.05, 0) is 10.1 Å². The predicted octanol–water partition coefficient (Wildman–Crippen LogP) is -1.39. The van der Waals surface area contributed by atoms with E-state index in [1.165, 1.54) is 13.1 Å². The minimum Gasteiger partial charge on any atom is -0.314 e. The molecular formula is C5H5N3O3. The van der Waals surface area contributed by atoms with Crippen molar-refractivity contribution in [3.05, 3.63) is 22.6 Å². The Morgan fingerprint density at radius 3 is 3.00 bits per heavy atom. The maximum Gasteiger partial charge on any atom is 0.332 e. The number of aromatic nitrogens is 3. The zero-order chi connectivity index (χ0) is 8.27. The SMILES string of the molecule is CC(=O)On1nnccc1=O. The lowest BCUT2D eigenvalue weighted by molar-refractivity contribution is -0.144. The molecule has 0 bridgehead atoms. The Morgan fingerprint density at radius 1 is 1.73 bits per heavy atom. The molecule has 11 heavy (non-hydrogen) atoms. The maximum atomic E-state index is 10.7. The van der Waals surface area contributed by atoms with Crippen LogP contribution in [0.2, 0.25) is 0 Å². The first-order chi connectivity index (χ1) is 5.20. The standard InChI is InChI=1S/C5H5N3O3/c1-4(9)11-8-5(10)2-3-6-7-8/h2-3H,1H3. The molecule has 0 unspecified atom stereocenters. The summed E-state index contributed by atoms with van der Waals surface area (Å²) in [5.41, 5.74) is -0.532. The predicted molar refractivity (Wildman–Crippen MR) is 33.6 cm³/mol. The van der Waals surface area contributed by atoms with E-state index >= 15 is 0 Å². The van der Waals surface area contributed by atoms with Crippen LogP contribution in [0.25, 0.3) is 0 Å². The first-order valence-corrected chi connectivity index (χ1v) is 2.80. The normalized spacial score (nSPS) is 9.18. The van der Waals surface area contributed by atoms with Crippen LogP contribution in [0.1, 0.15) is 6.92 Å². The molecule has 0 aliphatic rings. The highest BCUT2D eigenvalue weighted by Gasteiger charge is 1.98. The van der Waals surface area contributed by atoms with Gasteiger partial charge in [0.25, 0.3) is 0 Å². The summed E-state index contributed by atoms with van der Waals surface area (Å²) in [6, 6.07) is 1.13. The second kappa shape index (κ2) is 2.91. The average Bonchev–Trinajstić information content (AvgIpc) is 1.93. The van der Waals surface area contributed by atoms with Crippen LogP contribution in [0.15, 0.2) is 17.1 Å². The van der Waals surface area contributed by atoms with Gasteiger partial charge in [0.2, 0.25) is 0 Å². The fourth-order valence-electron chi connectivity index (χ4n) is 0.467. The van der Waals surface area contributed by atoms with E-state index in [0.29, 0.717) is 4.85 Å². The molecule has 0 saturated heterocycles. The molecule has 0 N–H and O–H groups in total. The van der Waals surface area contributed by atoms with Crippen LogP contribution in [-0.2, 0) is 4.79 Å². The lowest BCUT2D eigenvalue weighted by Gasteiger charge is -1.97. The van der Waals surface area contributed by atoms with Crippen LogP contribution in [0.3, 0.4) is 0 Å². The molecule has 1 rings (SSSR count). The average molecular weight is 155 g/mol. The molecule has 0 spiro atoms. The quantitative estimate of drug-likeness (QED) is 0.467. The number of hydrogen-bond acceptors (Lipinski definition) is 5. The van der Waals surface area contributed by atoms with Gasteiger partial charge in [-0.25, -0.2) is 4.79 Å². The maximum absolute atomic E-state index is 10.7. The van der Waals surface area contributed by atoms with Crippen molar-refractivity contribution in [2.45, 2.75) is 6.92 Å². The van der Waals surface area contributed by atoms with Crippen LogP contribution in [0, 0.1) is 0 Å². The van der Waals surface area contributed by atoms with Gasteiger partial charge in [0, 0.05) is 13.0 Å². The first kappa shape index (κ1) is 7.39. The molecule has 1 heterocycles. The van der Waals surface area contributed by atoms with E-state index in [4.69, 9.17) is 0 Å². The van der Waals surface area contributed by atoms with Crippen molar-refractivity contribution < 1.29 is 9.63 Å². The zero-order valence-corrected chi connectivity index (χ0v) is 5.72. The number of carbonyl (C=O) groups excluding carboxylic acids is 1. The van der Waals surface area contributed by atoms with Crippen LogP contribution < -0.4 is 10.4 Å². The molecule has 0 aliphatic heterocycles. The summed E-state index contributed by atoms with van der Waals surface area (Å²) in [6.45, 7) is 1.17. The summed E-state index contributed by atoms with van der Waals surface area (Å²) in [5, 5.41) is 6.56. The van der Waals surface area contributed by atoms with E-state index in [1.807, 2.05) is 0 Å². The molecule has 0 aliphatic carbocycles. The highest BCUT2D eigenvalue weighted by molar-refractivity contribution is 5.66. The Bertz CT molecular complexity index is 319. The molecule has 0 atom stereocenters. The van der Waals surface area contributed by atoms with Gasteiger partial charge in [-0.2, -0.15) is 0 Å². The molecule has 6 nitrogen and oxygen atoms in total. The minimum absolute atomic E-state index is 0.516. The summed E-state index contributed by atoms with van der Waals surface area (Å²) < 4.78 is 0. The second-order valence-electron chi connectivity index (χ2n) is 1.71. The number of rotatable bonds is 1. The molecule has 0 radical (unpaired) electrons. The van der Waals surface area contributed by atoms with Gasteiger partial charge in [-0.1, -0.05) is 0 Å². The summed E-state index contributed by atoms with van der Waals surface area (Å²) in [4.78, 5) is 25.9. The van der Waals surface area contributed by atoms with Gasteiger partial charge in [0.15, 0.2) is 0 Å². The third-order valence-corrected chi connectivity index (χ3v) is 0.820. The Kier molecular flexibility index (Phi) is 1.95. The molecule has 1 aromatic heterocycles. The van der Waals surface area contributed by atoms with Gasteiger partial charge in [-0.15, -0.1) is 5.10 Å². The van der Waals surface area contributed by atoms with E-state index < -0.39 is 11.5 Å². The monoisotopic (exact) mass is 155 g/mol. The van der Waals surface area contributed by atoms with E-state index in [-0.39, 0.29) is 0 Å². The summed E-state index contributed by atoms with van der Waals surface area (Å²) in [7, 11) is 0. The number of carbonyl (C=O) groups is 1. The van der Waals surface area contributed by atoms with Crippen molar-refractivity contribution in [1.82, 2.24) is 15.2 Å². The van der Waals surface area contributed by atoms with E-state index in [0.717, 1.165) is 6.07 Å². The molecule has 6 heteroatoms. The third-order valence-electron chi connectivity index (χ3n) is 0.820. The molecule has 0 amide bonds. The highest BCUT2D eigenvalue weighted by atomic mass is 16.7. The first-order valence-electron chi connectivity index (χ1n) is 2.80. The van der Waals surface area contributed by atoms with E-state index in [2.05, 4.69) is 15.1 Å². The molecular weight excluding hydrogens is 150 g/mol. The fraction of sp³-hybridized carbons (Fsp3) is 0.200. The second-order valence-corrected chi connectivity index (χ2v) is 1.71. The van der Waals surface area contributed by atoms with Crippen molar-refractivity contribution in [3.8, 4) is 0 Å². The van der Waals surface area contributed by atoms with Gasteiger partial charge >= 0.3 is 11.5 Å². The van der Waals surface area contributed by atoms with Gasteiger partial charge in [0.05, 0.1) is 6.20 Å². The lowest BCUT2D eigenvalue weighted by atomic mass is 10.7. The van der Waals surface area contributed by atoms with Crippen molar-refractivity contribution in [2.75, 3.05) is 0 Å². The van der Waals surface area contributed by atoms with Crippen molar-refractivity contribution in [2.24, 2.45) is 0 Å². The number of hydrogen-bond donors (Lipinski definition) is 0. The zero-order valence-electron chi connectivity index (χ0n) is 5.72. The smallest absolute Gasteiger partial charge is 0.314 e. The van der Waals surface area contributed by atoms with Gasteiger partial charge in [-0.3, -0.25) is 4.79 Å². The van der Waals surface area contributed by atoms with Crippen molar-refractivity contribution in [3.63, 3.8) is 0 Å². The Balaban J connectivity index is 2.95. The fourth-order valence-corrected chi connectivity index (χ4v) is 0.467. The van der Waals surface area contributed by atoms with Crippen LogP contribution >= 0.6 is 0 Å². The van der Waals surface area contributed by atoms with E-state index in [1.54, 1.807) is 0 Å². The Morgan fingerprint density at radius 2 is 2.45 bits per heavy atom. The molecule has 1 aromatic rings. The molecule has 58 valence electrons. The topological polar surface area (TPSA) is 74.1 Å². The van der Waals surface area contributed by atoms with Crippen LogP contribution in [0.4, 0.5) is 0 Å². The summed E-state index contributed by atoms with van der Waals surface area (Å²) in [6.07, 6.45) is 1.21. The summed E-state index contributed by atoms with van der Waals surface area (Å²) in [5.74, 6) is -0.618. The van der Waals surface area contributed by atoms with Gasteiger partial charge in [0.1, 0.15) is 0 Å². The third kappa shape index (κ3) is 1.85. The molecule has 0 aromatic carbocycles. The largest absolute Gasteiger partial charge is 0.332 e. The molecule has 0 saturated carbocycles. The number of nitrogens with zero attached hydrogens (tertiary/aromatic N) is 3. The highest BCUT2D eigenvalue weighted by Crippen LogP contribution is 1.67. The summed E-state index contributed by atoms with van der Waals surface area (Å²) >= 11 is 0. The Labute approximate surface area is 61.4 Å². The Hall–Kier alpha value is -1.72. The molecule has 0 fully saturated rings. The van der Waals surface area contributed by atoms with Crippen molar-refractivity contribution >= 4 is 5.97 Å². The lowest BCUT2D eigenvalue weighted by Crippen LogP contribution is -2.31. The van der Waals surface area contributed by atoms with Crippen LogP contribution in [0.5, 0.6) is 0 Å². The minimum atomic E-state index is -0.618. The van der Waals surface area contributed by atoms with Gasteiger partial charge < -0.3 is 4.84 Å².